The Labute approximate surface area is 136 Å². The van der Waals surface area contributed by atoms with Crippen molar-refractivity contribution >= 4 is 27.0 Å². The molecule has 4 heteroatoms. The fourth-order valence-electron chi connectivity index (χ4n) is 3.20. The summed E-state index contributed by atoms with van der Waals surface area (Å²) in [5.74, 6) is 0.578. The van der Waals surface area contributed by atoms with Gasteiger partial charge in [-0.05, 0) is 61.1 Å². The lowest BCUT2D eigenvalue weighted by molar-refractivity contribution is 0.617. The summed E-state index contributed by atoms with van der Waals surface area (Å²) in [5, 5.41) is 9.53. The Morgan fingerprint density at radius 1 is 1.32 bits per heavy atom. The van der Waals surface area contributed by atoms with E-state index in [-0.39, 0.29) is 0 Å². The number of halogens is 1. The van der Waals surface area contributed by atoms with Gasteiger partial charge in [0.05, 0.1) is 0 Å². The van der Waals surface area contributed by atoms with Crippen LogP contribution in [0.1, 0.15) is 28.7 Å². The van der Waals surface area contributed by atoms with Gasteiger partial charge in [-0.1, -0.05) is 22.0 Å². The number of rotatable bonds is 1. The van der Waals surface area contributed by atoms with Gasteiger partial charge in [0.15, 0.2) is 5.58 Å². The van der Waals surface area contributed by atoms with Crippen LogP contribution in [0.3, 0.4) is 0 Å². The van der Waals surface area contributed by atoms with E-state index in [1.807, 2.05) is 25.1 Å². The molecule has 108 valence electrons. The third-order valence-electron chi connectivity index (χ3n) is 4.36. The summed E-state index contributed by atoms with van der Waals surface area (Å²) in [7, 11) is 0. The Morgan fingerprint density at radius 3 is 3.00 bits per heavy atom. The number of aromatic nitrogens is 1. The van der Waals surface area contributed by atoms with Gasteiger partial charge in [0, 0.05) is 10.0 Å². The molecule has 0 saturated heterocycles. The zero-order chi connectivity index (χ0) is 15.3. The molecule has 0 bridgehead atoms. The molecule has 4 rings (SSSR count). The van der Waals surface area contributed by atoms with Crippen molar-refractivity contribution in [3.05, 3.63) is 51.0 Å². The van der Waals surface area contributed by atoms with Gasteiger partial charge in [-0.25, -0.2) is 4.98 Å². The van der Waals surface area contributed by atoms with Crippen LogP contribution in [0.4, 0.5) is 0 Å². The number of hydrogen-bond donors (Lipinski definition) is 0. The summed E-state index contributed by atoms with van der Waals surface area (Å²) in [6.45, 7) is 2.03. The highest BCUT2D eigenvalue weighted by Crippen LogP contribution is 2.35. The number of fused-ring (bicyclic) bond motifs is 2. The number of hydrogen-bond acceptors (Lipinski definition) is 3. The predicted octanol–water partition coefficient (Wildman–Crippen LogP) is 4.93. The lowest BCUT2D eigenvalue weighted by Crippen LogP contribution is -1.89. The second-order valence-electron chi connectivity index (χ2n) is 5.63. The lowest BCUT2D eigenvalue weighted by Gasteiger charge is -2.03. The summed E-state index contributed by atoms with van der Waals surface area (Å²) < 4.78 is 7.01. The van der Waals surface area contributed by atoms with Crippen LogP contribution in [0, 0.1) is 18.3 Å². The maximum Gasteiger partial charge on any atom is 0.227 e. The molecule has 0 amide bonds. The average molecular weight is 353 g/mol. The largest absolute Gasteiger partial charge is 0.435 e. The first kappa shape index (κ1) is 13.5. The van der Waals surface area contributed by atoms with Gasteiger partial charge >= 0.3 is 0 Å². The fourth-order valence-corrected chi connectivity index (χ4v) is 3.56. The van der Waals surface area contributed by atoms with Crippen LogP contribution in [-0.4, -0.2) is 4.98 Å². The van der Waals surface area contributed by atoms with Crippen molar-refractivity contribution in [3.8, 4) is 17.5 Å². The normalized spacial score (nSPS) is 13.3. The minimum Gasteiger partial charge on any atom is -0.435 e. The molecule has 0 aliphatic heterocycles. The maximum absolute atomic E-state index is 9.53. The van der Waals surface area contributed by atoms with Crippen LogP contribution in [0.2, 0.25) is 0 Å². The van der Waals surface area contributed by atoms with E-state index < -0.39 is 0 Å². The van der Waals surface area contributed by atoms with Crippen molar-refractivity contribution in [2.75, 3.05) is 0 Å². The molecule has 1 aliphatic carbocycles. The van der Waals surface area contributed by atoms with E-state index in [0.29, 0.717) is 17.0 Å². The first-order chi connectivity index (χ1) is 10.7. The molecular formula is C18H13BrN2O. The van der Waals surface area contributed by atoms with Crippen LogP contribution in [-0.2, 0) is 12.8 Å². The summed E-state index contributed by atoms with van der Waals surface area (Å²) in [4.78, 5) is 4.63. The van der Waals surface area contributed by atoms with Crippen LogP contribution in [0.25, 0.3) is 22.6 Å². The minimum atomic E-state index is 0.578. The maximum atomic E-state index is 9.53. The number of aryl methyl sites for hydroxylation is 1. The second-order valence-corrected chi connectivity index (χ2v) is 6.49. The van der Waals surface area contributed by atoms with Gasteiger partial charge in [0.25, 0.3) is 0 Å². The van der Waals surface area contributed by atoms with Gasteiger partial charge < -0.3 is 4.42 Å². The minimum absolute atomic E-state index is 0.578. The van der Waals surface area contributed by atoms with Crippen molar-refractivity contribution in [2.45, 2.75) is 26.2 Å². The Balaban J connectivity index is 1.99. The average Bonchev–Trinajstić information content (AvgIpc) is 3.13. The van der Waals surface area contributed by atoms with E-state index in [1.165, 1.54) is 5.56 Å². The molecular weight excluding hydrogens is 340 g/mol. The standard InChI is InChI=1S/C18H13BrN2O/c1-10-12(5-3-7-15(10)19)18-21-16-8-11-4-2-6-13(11)14(9-20)17(16)22-18/h3,5,7-8H,2,4,6H2,1H3. The summed E-state index contributed by atoms with van der Waals surface area (Å²) >= 11 is 3.54. The number of nitrogens with zero attached hydrogens (tertiary/aromatic N) is 2. The van der Waals surface area contributed by atoms with E-state index in [1.54, 1.807) is 0 Å². The van der Waals surface area contributed by atoms with Crippen LogP contribution < -0.4 is 0 Å². The Morgan fingerprint density at radius 2 is 2.18 bits per heavy atom. The molecule has 0 fully saturated rings. The SMILES string of the molecule is Cc1c(Br)cccc1-c1nc2cc3c(c(C#N)c2o1)CCC3. The van der Waals surface area contributed by atoms with Crippen LogP contribution in [0.5, 0.6) is 0 Å². The van der Waals surface area contributed by atoms with Gasteiger partial charge in [-0.3, -0.25) is 0 Å². The van der Waals surface area contributed by atoms with Crippen molar-refractivity contribution < 1.29 is 4.42 Å². The third kappa shape index (κ3) is 1.89. The highest BCUT2D eigenvalue weighted by Gasteiger charge is 2.22. The molecule has 3 aromatic rings. The molecule has 0 atom stereocenters. The molecule has 0 saturated carbocycles. The van der Waals surface area contributed by atoms with Crippen molar-refractivity contribution in [2.24, 2.45) is 0 Å². The fraction of sp³-hybridized carbons (Fsp3) is 0.222. The van der Waals surface area contributed by atoms with E-state index in [2.05, 4.69) is 33.0 Å². The van der Waals surface area contributed by atoms with Gasteiger partial charge in [-0.15, -0.1) is 0 Å². The van der Waals surface area contributed by atoms with Crippen molar-refractivity contribution in [1.82, 2.24) is 4.98 Å². The van der Waals surface area contributed by atoms with E-state index in [4.69, 9.17) is 4.42 Å². The molecule has 0 radical (unpaired) electrons. The number of benzene rings is 2. The Hall–Kier alpha value is -2.12. The molecule has 1 heterocycles. The summed E-state index contributed by atoms with van der Waals surface area (Å²) in [6, 6.07) is 10.4. The molecule has 0 N–H and O–H groups in total. The molecule has 3 nitrogen and oxygen atoms in total. The summed E-state index contributed by atoms with van der Waals surface area (Å²) in [5.41, 5.74) is 6.49. The van der Waals surface area contributed by atoms with Gasteiger partial charge in [0.2, 0.25) is 5.89 Å². The molecule has 2 aromatic carbocycles. The molecule has 0 spiro atoms. The van der Waals surface area contributed by atoms with E-state index >= 15 is 0 Å². The third-order valence-corrected chi connectivity index (χ3v) is 5.22. The van der Waals surface area contributed by atoms with Crippen LogP contribution >= 0.6 is 15.9 Å². The van der Waals surface area contributed by atoms with Crippen LogP contribution in [0.15, 0.2) is 33.2 Å². The number of nitriles is 1. The van der Waals surface area contributed by atoms with Crippen molar-refractivity contribution in [1.29, 1.82) is 5.26 Å². The highest BCUT2D eigenvalue weighted by atomic mass is 79.9. The first-order valence-electron chi connectivity index (χ1n) is 7.30. The quantitative estimate of drug-likeness (QED) is 0.624. The van der Waals surface area contributed by atoms with Gasteiger partial charge in [0.1, 0.15) is 17.1 Å². The predicted molar refractivity (Wildman–Crippen MR) is 88.6 cm³/mol. The topological polar surface area (TPSA) is 49.8 Å². The summed E-state index contributed by atoms with van der Waals surface area (Å²) in [6.07, 6.45) is 3.09. The molecule has 0 unspecified atom stereocenters. The van der Waals surface area contributed by atoms with E-state index in [9.17, 15) is 5.26 Å². The van der Waals surface area contributed by atoms with Gasteiger partial charge in [-0.2, -0.15) is 5.26 Å². The Bertz CT molecular complexity index is 950. The smallest absolute Gasteiger partial charge is 0.227 e. The molecule has 1 aromatic heterocycles. The first-order valence-corrected chi connectivity index (χ1v) is 8.09. The molecule has 22 heavy (non-hydrogen) atoms. The zero-order valence-electron chi connectivity index (χ0n) is 12.1. The Kier molecular flexibility index (Phi) is 3.05. The monoisotopic (exact) mass is 352 g/mol. The lowest BCUT2D eigenvalue weighted by atomic mass is 10.0. The van der Waals surface area contributed by atoms with E-state index in [0.717, 1.165) is 45.9 Å². The molecule has 1 aliphatic rings. The highest BCUT2D eigenvalue weighted by molar-refractivity contribution is 9.10. The number of oxazole rings is 1. The second kappa shape index (κ2) is 4.96. The van der Waals surface area contributed by atoms with Crippen molar-refractivity contribution in [3.63, 3.8) is 0 Å². The zero-order valence-corrected chi connectivity index (χ0v) is 13.7.